The molecule has 0 spiro atoms. The van der Waals surface area contributed by atoms with Crippen molar-refractivity contribution in [3.63, 3.8) is 0 Å². The molecular formula is C18H28F4O3. The fourth-order valence-corrected chi connectivity index (χ4v) is 3.19. The van der Waals surface area contributed by atoms with E-state index in [0.717, 1.165) is 38.5 Å². The number of rotatable bonds is 10. The third-order valence-corrected chi connectivity index (χ3v) is 4.85. The number of esters is 1. The highest BCUT2D eigenvalue weighted by Crippen LogP contribution is 2.36. The first-order valence-corrected chi connectivity index (χ1v) is 9.21. The zero-order chi connectivity index (χ0) is 18.5. The molecule has 1 unspecified atom stereocenters. The maximum atomic E-state index is 14.3. The Morgan fingerprint density at radius 1 is 1.08 bits per heavy atom. The summed E-state index contributed by atoms with van der Waals surface area (Å²) in [5.74, 6) is -7.94. The highest BCUT2D eigenvalue weighted by molar-refractivity contribution is 5.72. The Bertz CT molecular complexity index is 427. The third kappa shape index (κ3) is 7.50. The van der Waals surface area contributed by atoms with Crippen molar-refractivity contribution in [3.05, 3.63) is 0 Å². The minimum absolute atomic E-state index is 0.279. The SMILES string of the molecule is CC(F)(F)CC(F)(F)C(COCCC1CC1)OC(=O)C1CCCCC1. The Labute approximate surface area is 146 Å². The monoisotopic (exact) mass is 368 g/mol. The lowest BCUT2D eigenvalue weighted by Crippen LogP contribution is -2.45. The second-order valence-electron chi connectivity index (χ2n) is 7.58. The van der Waals surface area contributed by atoms with Crippen LogP contribution in [0.4, 0.5) is 17.6 Å². The number of hydrogen-bond acceptors (Lipinski definition) is 3. The van der Waals surface area contributed by atoms with Gasteiger partial charge in [-0.3, -0.25) is 4.79 Å². The van der Waals surface area contributed by atoms with E-state index in [1.807, 2.05) is 0 Å². The van der Waals surface area contributed by atoms with Gasteiger partial charge in [-0.25, -0.2) is 17.6 Å². The second-order valence-corrected chi connectivity index (χ2v) is 7.58. The van der Waals surface area contributed by atoms with E-state index in [4.69, 9.17) is 9.47 Å². The molecule has 146 valence electrons. The first kappa shape index (κ1) is 20.5. The molecule has 25 heavy (non-hydrogen) atoms. The second kappa shape index (κ2) is 8.69. The lowest BCUT2D eigenvalue weighted by Gasteiger charge is -2.30. The molecule has 0 bridgehead atoms. The number of alkyl halides is 4. The summed E-state index contributed by atoms with van der Waals surface area (Å²) in [7, 11) is 0. The highest BCUT2D eigenvalue weighted by Gasteiger charge is 2.49. The number of hydrogen-bond donors (Lipinski definition) is 0. The Hall–Kier alpha value is -0.850. The van der Waals surface area contributed by atoms with Gasteiger partial charge in [0.1, 0.15) is 0 Å². The van der Waals surface area contributed by atoms with Gasteiger partial charge in [-0.05, 0) is 32.1 Å². The van der Waals surface area contributed by atoms with Crippen LogP contribution in [0.2, 0.25) is 0 Å². The van der Waals surface area contributed by atoms with Crippen molar-refractivity contribution >= 4 is 5.97 Å². The lowest BCUT2D eigenvalue weighted by atomic mass is 9.89. The Morgan fingerprint density at radius 2 is 1.72 bits per heavy atom. The van der Waals surface area contributed by atoms with Crippen LogP contribution in [0.1, 0.15) is 64.7 Å². The summed E-state index contributed by atoms with van der Waals surface area (Å²) >= 11 is 0. The molecule has 0 aromatic carbocycles. The zero-order valence-electron chi connectivity index (χ0n) is 14.7. The van der Waals surface area contributed by atoms with Gasteiger partial charge in [0.25, 0.3) is 11.8 Å². The predicted octanol–water partition coefficient (Wildman–Crippen LogP) is 4.98. The predicted molar refractivity (Wildman–Crippen MR) is 84.8 cm³/mol. The molecule has 0 saturated heterocycles. The molecule has 0 aliphatic heterocycles. The molecule has 2 fully saturated rings. The normalized spacial score (nSPS) is 21.2. The number of ether oxygens (including phenoxy) is 2. The topological polar surface area (TPSA) is 35.5 Å². The average Bonchev–Trinajstić information content (AvgIpc) is 3.32. The molecule has 7 heteroatoms. The van der Waals surface area contributed by atoms with E-state index in [-0.39, 0.29) is 6.61 Å². The Kier molecular flexibility index (Phi) is 7.11. The zero-order valence-corrected chi connectivity index (χ0v) is 14.7. The van der Waals surface area contributed by atoms with Crippen molar-refractivity contribution in [2.45, 2.75) is 82.7 Å². The van der Waals surface area contributed by atoms with Crippen LogP contribution in [0.3, 0.4) is 0 Å². The largest absolute Gasteiger partial charge is 0.453 e. The van der Waals surface area contributed by atoms with E-state index in [9.17, 15) is 22.4 Å². The van der Waals surface area contributed by atoms with Crippen molar-refractivity contribution in [3.8, 4) is 0 Å². The summed E-state index contributed by atoms with van der Waals surface area (Å²) < 4.78 is 65.0. The molecule has 0 heterocycles. The Morgan fingerprint density at radius 3 is 2.28 bits per heavy atom. The summed E-state index contributed by atoms with van der Waals surface area (Å²) in [6.07, 6.45) is 3.28. The Balaban J connectivity index is 1.92. The minimum atomic E-state index is -3.83. The number of halogens is 4. The molecule has 2 rings (SSSR count). The summed E-state index contributed by atoms with van der Waals surface area (Å²) in [4.78, 5) is 12.2. The molecule has 1 atom stereocenters. The van der Waals surface area contributed by atoms with Crippen LogP contribution in [0.5, 0.6) is 0 Å². The summed E-state index contributed by atoms with van der Waals surface area (Å²) in [5, 5.41) is 0. The molecule has 0 aromatic rings. The van der Waals surface area contributed by atoms with Crippen LogP contribution in [0.15, 0.2) is 0 Å². The molecule has 2 aliphatic rings. The van der Waals surface area contributed by atoms with Crippen molar-refractivity contribution in [1.82, 2.24) is 0 Å². The molecule has 2 aliphatic carbocycles. The fourth-order valence-electron chi connectivity index (χ4n) is 3.19. The highest BCUT2D eigenvalue weighted by atomic mass is 19.3. The maximum absolute atomic E-state index is 14.3. The van der Waals surface area contributed by atoms with Crippen LogP contribution in [-0.4, -0.2) is 37.1 Å². The number of carbonyl (C=O) groups is 1. The van der Waals surface area contributed by atoms with Crippen molar-refractivity contribution in [2.24, 2.45) is 11.8 Å². The van der Waals surface area contributed by atoms with Gasteiger partial charge in [0.05, 0.1) is 18.9 Å². The van der Waals surface area contributed by atoms with Crippen LogP contribution in [-0.2, 0) is 14.3 Å². The standard InChI is InChI=1S/C18H28F4O3/c1-17(19,20)12-18(21,22)15(11-24-10-9-13-7-8-13)25-16(23)14-5-3-2-4-6-14/h13-15H,2-12H2,1H3. The average molecular weight is 368 g/mol. The molecule has 0 aromatic heterocycles. The first-order valence-electron chi connectivity index (χ1n) is 9.21. The molecule has 2 saturated carbocycles. The molecule has 0 N–H and O–H groups in total. The minimum Gasteiger partial charge on any atom is -0.453 e. The molecule has 0 radical (unpaired) electrons. The van der Waals surface area contributed by atoms with E-state index >= 15 is 0 Å². The van der Waals surface area contributed by atoms with Crippen LogP contribution in [0, 0.1) is 11.8 Å². The third-order valence-electron chi connectivity index (χ3n) is 4.85. The van der Waals surface area contributed by atoms with Crippen molar-refractivity contribution in [2.75, 3.05) is 13.2 Å². The molecule has 0 amide bonds. The summed E-state index contributed by atoms with van der Waals surface area (Å²) in [5.41, 5.74) is 0. The maximum Gasteiger partial charge on any atom is 0.309 e. The van der Waals surface area contributed by atoms with Gasteiger partial charge < -0.3 is 9.47 Å². The first-order chi connectivity index (χ1) is 11.7. The van der Waals surface area contributed by atoms with Gasteiger partial charge in [0.15, 0.2) is 6.10 Å². The number of carbonyl (C=O) groups excluding carboxylic acids is 1. The molecule has 3 nitrogen and oxygen atoms in total. The quantitative estimate of drug-likeness (QED) is 0.310. The van der Waals surface area contributed by atoms with Crippen LogP contribution >= 0.6 is 0 Å². The van der Waals surface area contributed by atoms with Crippen LogP contribution in [0.25, 0.3) is 0 Å². The lowest BCUT2D eigenvalue weighted by molar-refractivity contribution is -0.204. The van der Waals surface area contributed by atoms with Gasteiger partial charge in [0, 0.05) is 6.61 Å². The van der Waals surface area contributed by atoms with Crippen molar-refractivity contribution in [1.29, 1.82) is 0 Å². The summed E-state index contributed by atoms with van der Waals surface area (Å²) in [6.45, 7) is 0.171. The van der Waals surface area contributed by atoms with Crippen LogP contribution < -0.4 is 0 Å². The van der Waals surface area contributed by atoms with Gasteiger partial charge in [-0.2, -0.15) is 0 Å². The van der Waals surface area contributed by atoms with E-state index in [1.54, 1.807) is 0 Å². The van der Waals surface area contributed by atoms with Gasteiger partial charge in [-0.15, -0.1) is 0 Å². The van der Waals surface area contributed by atoms with Gasteiger partial charge in [-0.1, -0.05) is 32.1 Å². The van der Waals surface area contributed by atoms with Gasteiger partial charge in [0.2, 0.25) is 0 Å². The van der Waals surface area contributed by atoms with E-state index in [2.05, 4.69) is 0 Å². The summed E-state index contributed by atoms with van der Waals surface area (Å²) in [6, 6.07) is 0. The fraction of sp³-hybridized carbons (Fsp3) is 0.944. The van der Waals surface area contributed by atoms with E-state index < -0.39 is 42.9 Å². The smallest absolute Gasteiger partial charge is 0.309 e. The van der Waals surface area contributed by atoms with Gasteiger partial charge >= 0.3 is 5.97 Å². The van der Waals surface area contributed by atoms with E-state index in [1.165, 1.54) is 0 Å². The van der Waals surface area contributed by atoms with Crippen molar-refractivity contribution < 1.29 is 31.8 Å². The van der Waals surface area contributed by atoms with E-state index in [0.29, 0.717) is 25.7 Å². The molecular weight excluding hydrogens is 340 g/mol.